The summed E-state index contributed by atoms with van der Waals surface area (Å²) in [5.74, 6) is 0.779. The number of aryl methyl sites for hydroxylation is 1. The fourth-order valence-corrected chi connectivity index (χ4v) is 1.12. The number of carbonyl (C=O) groups excluding carboxylic acids is 1. The van der Waals surface area contributed by atoms with Crippen LogP contribution in [0.3, 0.4) is 0 Å². The van der Waals surface area contributed by atoms with Gasteiger partial charge >= 0.3 is 0 Å². The van der Waals surface area contributed by atoms with Gasteiger partial charge in [-0.25, -0.2) is 9.97 Å². The molecular weight excluding hydrogens is 192 g/mol. The Hall–Kier alpha value is -1.65. The number of hydrogen-bond donors (Lipinski definition) is 2. The highest BCUT2D eigenvalue weighted by Crippen LogP contribution is 2.03. The number of aromatic nitrogens is 2. The van der Waals surface area contributed by atoms with Crippen molar-refractivity contribution in [1.82, 2.24) is 15.3 Å². The predicted molar refractivity (Wildman–Crippen MR) is 58.6 cm³/mol. The molecule has 0 spiro atoms. The molecule has 0 aliphatic carbocycles. The number of hydrogen-bond acceptors (Lipinski definition) is 4. The highest BCUT2D eigenvalue weighted by molar-refractivity contribution is 5.72. The minimum Gasteiger partial charge on any atom is -0.368 e. The van der Waals surface area contributed by atoms with E-state index in [1.165, 1.54) is 6.92 Å². The fourth-order valence-electron chi connectivity index (χ4n) is 1.12. The molecule has 0 atom stereocenters. The summed E-state index contributed by atoms with van der Waals surface area (Å²) in [6.45, 7) is 4.81. The first-order valence-electron chi connectivity index (χ1n) is 5.01. The minimum atomic E-state index is -0.0197. The van der Waals surface area contributed by atoms with Crippen LogP contribution < -0.4 is 10.6 Å². The van der Waals surface area contributed by atoms with Gasteiger partial charge in [0, 0.05) is 31.8 Å². The maximum absolute atomic E-state index is 10.6. The smallest absolute Gasteiger partial charge is 0.216 e. The first kappa shape index (κ1) is 11.4. The lowest BCUT2D eigenvalue weighted by Crippen LogP contribution is -2.26. The van der Waals surface area contributed by atoms with Crippen LogP contribution in [0, 0.1) is 0 Å². The van der Waals surface area contributed by atoms with Gasteiger partial charge in [-0.05, 0) is 6.42 Å². The van der Waals surface area contributed by atoms with Crippen molar-refractivity contribution in [2.24, 2.45) is 0 Å². The normalized spacial score (nSPS) is 9.73. The van der Waals surface area contributed by atoms with Gasteiger partial charge in [-0.3, -0.25) is 4.79 Å². The third-order valence-corrected chi connectivity index (χ3v) is 1.89. The van der Waals surface area contributed by atoms with Crippen molar-refractivity contribution in [2.75, 3.05) is 18.4 Å². The second-order valence-electron chi connectivity index (χ2n) is 3.16. The van der Waals surface area contributed by atoms with Gasteiger partial charge in [0.05, 0.1) is 0 Å². The summed E-state index contributed by atoms with van der Waals surface area (Å²) in [5, 5.41) is 5.81. The monoisotopic (exact) mass is 208 g/mol. The van der Waals surface area contributed by atoms with Gasteiger partial charge in [0.25, 0.3) is 0 Å². The maximum Gasteiger partial charge on any atom is 0.216 e. The molecule has 0 aromatic carbocycles. The van der Waals surface area contributed by atoms with Crippen molar-refractivity contribution < 1.29 is 4.79 Å². The third-order valence-electron chi connectivity index (χ3n) is 1.89. The summed E-state index contributed by atoms with van der Waals surface area (Å²) < 4.78 is 0. The average Bonchev–Trinajstić information content (AvgIpc) is 2.24. The standard InChI is InChI=1S/C10H16N4O/c1-3-9-6-10(14-7-13-9)12-5-4-11-8(2)15/h6-7H,3-5H2,1-2H3,(H,11,15)(H,12,13,14). The van der Waals surface area contributed by atoms with E-state index in [2.05, 4.69) is 20.6 Å². The number of nitrogens with one attached hydrogen (secondary N) is 2. The molecule has 5 heteroatoms. The Morgan fingerprint density at radius 3 is 2.87 bits per heavy atom. The van der Waals surface area contributed by atoms with Crippen LogP contribution in [0.5, 0.6) is 0 Å². The van der Waals surface area contributed by atoms with Crippen LogP contribution in [0.1, 0.15) is 19.5 Å². The van der Waals surface area contributed by atoms with Crippen LogP contribution in [-0.2, 0) is 11.2 Å². The van der Waals surface area contributed by atoms with Gasteiger partial charge in [-0.15, -0.1) is 0 Å². The second kappa shape index (κ2) is 5.95. The number of anilines is 1. The van der Waals surface area contributed by atoms with Crippen molar-refractivity contribution in [2.45, 2.75) is 20.3 Å². The molecule has 0 fully saturated rings. The highest BCUT2D eigenvalue weighted by atomic mass is 16.1. The SMILES string of the molecule is CCc1cc(NCCNC(C)=O)ncn1. The lowest BCUT2D eigenvalue weighted by molar-refractivity contribution is -0.118. The van der Waals surface area contributed by atoms with E-state index in [0.29, 0.717) is 13.1 Å². The summed E-state index contributed by atoms with van der Waals surface area (Å²) in [7, 11) is 0. The van der Waals surface area contributed by atoms with E-state index >= 15 is 0 Å². The van der Waals surface area contributed by atoms with Crippen LogP contribution in [0.4, 0.5) is 5.82 Å². The Morgan fingerprint density at radius 2 is 2.20 bits per heavy atom. The van der Waals surface area contributed by atoms with Gasteiger partial charge in [0.2, 0.25) is 5.91 Å². The van der Waals surface area contributed by atoms with Gasteiger partial charge in [0.15, 0.2) is 0 Å². The fraction of sp³-hybridized carbons (Fsp3) is 0.500. The summed E-state index contributed by atoms with van der Waals surface area (Å²) in [4.78, 5) is 18.8. The maximum atomic E-state index is 10.6. The zero-order valence-corrected chi connectivity index (χ0v) is 9.08. The van der Waals surface area contributed by atoms with E-state index in [1.54, 1.807) is 6.33 Å². The molecule has 0 aliphatic rings. The quantitative estimate of drug-likeness (QED) is 0.695. The van der Waals surface area contributed by atoms with Crippen molar-refractivity contribution in [3.63, 3.8) is 0 Å². The van der Waals surface area contributed by atoms with Gasteiger partial charge in [-0.1, -0.05) is 6.92 Å². The largest absolute Gasteiger partial charge is 0.368 e. The summed E-state index contributed by atoms with van der Waals surface area (Å²) in [6, 6.07) is 1.91. The van der Waals surface area contributed by atoms with Crippen LogP contribution in [0.25, 0.3) is 0 Å². The van der Waals surface area contributed by atoms with Crippen molar-refractivity contribution in [3.8, 4) is 0 Å². The molecule has 0 bridgehead atoms. The average molecular weight is 208 g/mol. The zero-order valence-electron chi connectivity index (χ0n) is 9.08. The van der Waals surface area contributed by atoms with E-state index in [9.17, 15) is 4.79 Å². The molecule has 15 heavy (non-hydrogen) atoms. The lowest BCUT2D eigenvalue weighted by Gasteiger charge is -2.06. The molecule has 0 saturated heterocycles. The summed E-state index contributed by atoms with van der Waals surface area (Å²) in [5.41, 5.74) is 1.01. The second-order valence-corrected chi connectivity index (χ2v) is 3.16. The van der Waals surface area contributed by atoms with E-state index in [0.717, 1.165) is 17.9 Å². The number of amides is 1. The first-order valence-corrected chi connectivity index (χ1v) is 5.01. The van der Waals surface area contributed by atoms with E-state index in [4.69, 9.17) is 0 Å². The van der Waals surface area contributed by atoms with Crippen molar-refractivity contribution in [1.29, 1.82) is 0 Å². The molecule has 5 nitrogen and oxygen atoms in total. The Morgan fingerprint density at radius 1 is 1.40 bits per heavy atom. The summed E-state index contributed by atoms with van der Waals surface area (Å²) >= 11 is 0. The van der Waals surface area contributed by atoms with Gasteiger partial charge in [0.1, 0.15) is 12.1 Å². The lowest BCUT2D eigenvalue weighted by atomic mass is 10.3. The van der Waals surface area contributed by atoms with E-state index in [1.807, 2.05) is 13.0 Å². The minimum absolute atomic E-state index is 0.0197. The molecule has 1 rings (SSSR count). The number of rotatable bonds is 5. The first-order chi connectivity index (χ1) is 7.22. The van der Waals surface area contributed by atoms with Gasteiger partial charge < -0.3 is 10.6 Å². The molecule has 0 unspecified atom stereocenters. The van der Waals surface area contributed by atoms with E-state index in [-0.39, 0.29) is 5.91 Å². The van der Waals surface area contributed by atoms with Gasteiger partial charge in [-0.2, -0.15) is 0 Å². The van der Waals surface area contributed by atoms with Crippen LogP contribution in [0.15, 0.2) is 12.4 Å². The Bertz CT molecular complexity index is 327. The molecular formula is C10H16N4O. The van der Waals surface area contributed by atoms with Crippen molar-refractivity contribution >= 4 is 11.7 Å². The molecule has 0 radical (unpaired) electrons. The molecule has 1 aromatic rings. The van der Waals surface area contributed by atoms with E-state index < -0.39 is 0 Å². The number of nitrogens with zero attached hydrogens (tertiary/aromatic N) is 2. The van der Waals surface area contributed by atoms with Crippen LogP contribution >= 0.6 is 0 Å². The number of carbonyl (C=O) groups is 1. The highest BCUT2D eigenvalue weighted by Gasteiger charge is 1.96. The topological polar surface area (TPSA) is 66.9 Å². The Labute approximate surface area is 89.3 Å². The predicted octanol–water partition coefficient (Wildman–Crippen LogP) is 0.587. The Kier molecular flexibility index (Phi) is 4.53. The van der Waals surface area contributed by atoms with Crippen LogP contribution in [0.2, 0.25) is 0 Å². The summed E-state index contributed by atoms with van der Waals surface area (Å²) in [6.07, 6.45) is 2.43. The third kappa shape index (κ3) is 4.39. The molecule has 0 saturated carbocycles. The molecule has 82 valence electrons. The molecule has 2 N–H and O–H groups in total. The van der Waals surface area contributed by atoms with Crippen LogP contribution in [-0.4, -0.2) is 29.0 Å². The Balaban J connectivity index is 2.33. The van der Waals surface area contributed by atoms with Crippen molar-refractivity contribution in [3.05, 3.63) is 18.1 Å². The molecule has 1 amide bonds. The zero-order chi connectivity index (χ0) is 11.1. The molecule has 1 heterocycles. The molecule has 0 aliphatic heterocycles. The molecule has 1 aromatic heterocycles.